The van der Waals surface area contributed by atoms with Crippen LogP contribution in [0.1, 0.15) is 26.2 Å². The predicted octanol–water partition coefficient (Wildman–Crippen LogP) is 1.59. The molecule has 2 rings (SSSR count). The van der Waals surface area contributed by atoms with Crippen molar-refractivity contribution in [2.24, 2.45) is 0 Å². The number of aryl methyl sites for hydroxylation is 1. The van der Waals surface area contributed by atoms with Gasteiger partial charge >= 0.3 is 0 Å². The maximum atomic E-state index is 11.5. The smallest absolute Gasteiger partial charge is 0.247 e. The van der Waals surface area contributed by atoms with E-state index < -0.39 is 0 Å². The van der Waals surface area contributed by atoms with Crippen LogP contribution in [0.4, 0.5) is 0 Å². The largest absolute Gasteiger partial charge is 0.421 e. The third-order valence-corrected chi connectivity index (χ3v) is 2.41. The highest BCUT2D eigenvalue weighted by molar-refractivity contribution is 5.76. The van der Waals surface area contributed by atoms with Crippen LogP contribution in [0, 0.1) is 0 Å². The van der Waals surface area contributed by atoms with Crippen LogP contribution in [0.2, 0.25) is 0 Å². The van der Waals surface area contributed by atoms with E-state index in [1.54, 1.807) is 24.5 Å². The van der Waals surface area contributed by atoms with Gasteiger partial charge in [-0.3, -0.25) is 9.78 Å². The second-order valence-electron chi connectivity index (χ2n) is 4.46. The molecule has 0 aromatic carbocycles. The Labute approximate surface area is 111 Å². The van der Waals surface area contributed by atoms with Gasteiger partial charge in [-0.15, -0.1) is 10.2 Å². The Balaban J connectivity index is 1.93. The molecule has 0 bridgehead atoms. The van der Waals surface area contributed by atoms with Gasteiger partial charge in [0.1, 0.15) is 0 Å². The molecule has 0 unspecified atom stereocenters. The number of amides is 1. The van der Waals surface area contributed by atoms with Gasteiger partial charge in [0, 0.05) is 36.8 Å². The first-order chi connectivity index (χ1) is 9.15. The van der Waals surface area contributed by atoms with Crippen molar-refractivity contribution in [2.75, 3.05) is 0 Å². The highest BCUT2D eigenvalue weighted by Gasteiger charge is 2.10. The van der Waals surface area contributed by atoms with Crippen LogP contribution in [-0.4, -0.2) is 27.1 Å². The number of carbonyl (C=O) groups excluding carboxylic acids is 1. The van der Waals surface area contributed by atoms with Gasteiger partial charge in [0.25, 0.3) is 0 Å². The van der Waals surface area contributed by atoms with Gasteiger partial charge in [0.05, 0.1) is 0 Å². The molecule has 0 saturated carbocycles. The molecular weight excluding hydrogens is 244 g/mol. The minimum Gasteiger partial charge on any atom is -0.421 e. The Morgan fingerprint density at radius 2 is 2.05 bits per heavy atom. The summed E-state index contributed by atoms with van der Waals surface area (Å²) in [5.74, 6) is 0.894. The molecule has 6 heteroatoms. The lowest BCUT2D eigenvalue weighted by molar-refractivity contribution is -0.121. The van der Waals surface area contributed by atoms with Crippen molar-refractivity contribution in [1.29, 1.82) is 0 Å². The minimum atomic E-state index is -0.0151. The van der Waals surface area contributed by atoms with E-state index >= 15 is 0 Å². The van der Waals surface area contributed by atoms with Gasteiger partial charge in [-0.1, -0.05) is 0 Å². The lowest BCUT2D eigenvalue weighted by atomic mass is 10.2. The lowest BCUT2D eigenvalue weighted by Crippen LogP contribution is -2.30. The van der Waals surface area contributed by atoms with Crippen LogP contribution in [-0.2, 0) is 11.2 Å². The zero-order valence-electron chi connectivity index (χ0n) is 11.0. The van der Waals surface area contributed by atoms with Crippen molar-refractivity contribution < 1.29 is 9.21 Å². The predicted molar refractivity (Wildman–Crippen MR) is 69.1 cm³/mol. The Kier molecular flexibility index (Phi) is 4.22. The third-order valence-electron chi connectivity index (χ3n) is 2.41. The topological polar surface area (TPSA) is 80.9 Å². The Hall–Kier alpha value is -2.24. The fraction of sp³-hybridized carbons (Fsp3) is 0.385. The van der Waals surface area contributed by atoms with Crippen LogP contribution in [0.3, 0.4) is 0 Å². The maximum Gasteiger partial charge on any atom is 0.247 e. The van der Waals surface area contributed by atoms with E-state index in [4.69, 9.17) is 4.42 Å². The normalized spacial score (nSPS) is 10.7. The number of nitrogens with one attached hydrogen (secondary N) is 1. The van der Waals surface area contributed by atoms with Crippen molar-refractivity contribution in [3.8, 4) is 11.5 Å². The molecule has 2 aromatic rings. The summed E-state index contributed by atoms with van der Waals surface area (Å²) in [6.07, 6.45) is 4.11. The Morgan fingerprint density at radius 3 is 2.74 bits per heavy atom. The summed E-state index contributed by atoms with van der Waals surface area (Å²) < 4.78 is 5.50. The van der Waals surface area contributed by atoms with Gasteiger partial charge < -0.3 is 9.73 Å². The molecule has 2 aromatic heterocycles. The quantitative estimate of drug-likeness (QED) is 0.882. The number of rotatable bonds is 5. The molecule has 0 spiro atoms. The zero-order valence-corrected chi connectivity index (χ0v) is 11.0. The summed E-state index contributed by atoms with van der Waals surface area (Å²) in [5.41, 5.74) is 0.820. The molecule has 2 heterocycles. The summed E-state index contributed by atoms with van der Waals surface area (Å²) in [4.78, 5) is 15.4. The van der Waals surface area contributed by atoms with E-state index in [-0.39, 0.29) is 11.9 Å². The van der Waals surface area contributed by atoms with Crippen molar-refractivity contribution in [1.82, 2.24) is 20.5 Å². The van der Waals surface area contributed by atoms with Crippen molar-refractivity contribution in [2.45, 2.75) is 32.7 Å². The molecule has 0 radical (unpaired) electrons. The second-order valence-corrected chi connectivity index (χ2v) is 4.46. The molecule has 0 aliphatic carbocycles. The first-order valence-corrected chi connectivity index (χ1v) is 6.17. The third kappa shape index (κ3) is 3.87. The summed E-state index contributed by atoms with van der Waals surface area (Å²) in [5, 5.41) is 10.7. The summed E-state index contributed by atoms with van der Waals surface area (Å²) in [6, 6.07) is 3.73. The molecular formula is C13H16N4O2. The van der Waals surface area contributed by atoms with E-state index in [9.17, 15) is 4.79 Å². The van der Waals surface area contributed by atoms with Crippen molar-refractivity contribution >= 4 is 5.91 Å². The minimum absolute atomic E-state index is 0.0151. The van der Waals surface area contributed by atoms with E-state index in [0.717, 1.165) is 5.56 Å². The van der Waals surface area contributed by atoms with Crippen LogP contribution < -0.4 is 5.32 Å². The molecule has 1 amide bonds. The highest BCUT2D eigenvalue weighted by atomic mass is 16.4. The standard InChI is InChI=1S/C13H16N4O2/c1-9(2)15-11(18)3-4-12-16-17-13(19-12)10-5-7-14-8-6-10/h5-9H,3-4H2,1-2H3,(H,15,18). The molecule has 1 N–H and O–H groups in total. The first kappa shape index (κ1) is 13.2. The molecule has 0 aliphatic heterocycles. The fourth-order valence-electron chi connectivity index (χ4n) is 1.58. The van der Waals surface area contributed by atoms with Crippen LogP contribution in [0.5, 0.6) is 0 Å². The summed E-state index contributed by atoms with van der Waals surface area (Å²) in [6.45, 7) is 3.85. The highest BCUT2D eigenvalue weighted by Crippen LogP contribution is 2.16. The van der Waals surface area contributed by atoms with Crippen LogP contribution in [0.15, 0.2) is 28.9 Å². The van der Waals surface area contributed by atoms with Crippen LogP contribution in [0.25, 0.3) is 11.5 Å². The van der Waals surface area contributed by atoms with E-state index in [1.807, 2.05) is 13.8 Å². The van der Waals surface area contributed by atoms with Crippen LogP contribution >= 0.6 is 0 Å². The zero-order chi connectivity index (χ0) is 13.7. The van der Waals surface area contributed by atoms with Gasteiger partial charge in [0.15, 0.2) is 0 Å². The molecule has 0 fully saturated rings. The lowest BCUT2D eigenvalue weighted by Gasteiger charge is -2.06. The molecule has 100 valence electrons. The number of hydrogen-bond acceptors (Lipinski definition) is 5. The number of nitrogens with zero attached hydrogens (tertiary/aromatic N) is 3. The van der Waals surface area contributed by atoms with Gasteiger partial charge in [-0.2, -0.15) is 0 Å². The maximum absolute atomic E-state index is 11.5. The van der Waals surface area contributed by atoms with Crippen molar-refractivity contribution in [3.63, 3.8) is 0 Å². The summed E-state index contributed by atoms with van der Waals surface area (Å²) in [7, 11) is 0. The van der Waals surface area contributed by atoms with Crippen molar-refractivity contribution in [3.05, 3.63) is 30.4 Å². The van der Waals surface area contributed by atoms with Gasteiger partial charge in [-0.25, -0.2) is 0 Å². The fourth-order valence-corrected chi connectivity index (χ4v) is 1.58. The molecule has 0 atom stereocenters. The van der Waals surface area contributed by atoms with E-state index in [1.165, 1.54) is 0 Å². The monoisotopic (exact) mass is 260 g/mol. The van der Waals surface area contributed by atoms with E-state index in [2.05, 4.69) is 20.5 Å². The average Bonchev–Trinajstić information content (AvgIpc) is 2.85. The van der Waals surface area contributed by atoms with E-state index in [0.29, 0.717) is 24.6 Å². The number of pyridine rings is 1. The Bertz CT molecular complexity index is 537. The second kappa shape index (κ2) is 6.08. The molecule has 0 aliphatic rings. The first-order valence-electron chi connectivity index (χ1n) is 6.17. The van der Waals surface area contributed by atoms with Gasteiger partial charge in [-0.05, 0) is 26.0 Å². The van der Waals surface area contributed by atoms with Gasteiger partial charge in [0.2, 0.25) is 17.7 Å². The number of aromatic nitrogens is 3. The Morgan fingerprint density at radius 1 is 1.32 bits per heavy atom. The summed E-state index contributed by atoms with van der Waals surface area (Å²) >= 11 is 0. The number of hydrogen-bond donors (Lipinski definition) is 1. The molecule has 19 heavy (non-hydrogen) atoms. The molecule has 0 saturated heterocycles. The average molecular weight is 260 g/mol. The SMILES string of the molecule is CC(C)NC(=O)CCc1nnc(-c2ccncc2)o1. The molecule has 6 nitrogen and oxygen atoms in total. The number of carbonyl (C=O) groups is 1.